The van der Waals surface area contributed by atoms with Crippen molar-refractivity contribution in [2.45, 2.75) is 40.3 Å². The van der Waals surface area contributed by atoms with Crippen LogP contribution in [0.3, 0.4) is 0 Å². The number of nitrogens with one attached hydrogen (secondary N) is 1. The number of halogens is 1. The third kappa shape index (κ3) is 7.42. The molecule has 0 saturated carbocycles. The Labute approximate surface area is 178 Å². The van der Waals surface area contributed by atoms with Crippen LogP contribution in [-0.2, 0) is 16.1 Å². The van der Waals surface area contributed by atoms with Crippen LogP contribution < -0.4 is 10.1 Å². The van der Waals surface area contributed by atoms with Crippen LogP contribution in [-0.4, -0.2) is 35.9 Å². The minimum Gasteiger partial charge on any atom is -0.484 e. The highest BCUT2D eigenvalue weighted by atomic mass is 35.5. The molecule has 2 rings (SSSR count). The van der Waals surface area contributed by atoms with Crippen molar-refractivity contribution in [1.29, 1.82) is 0 Å². The summed E-state index contributed by atoms with van der Waals surface area (Å²) in [5, 5.41) is 3.50. The highest BCUT2D eigenvalue weighted by molar-refractivity contribution is 6.30. The van der Waals surface area contributed by atoms with Crippen LogP contribution in [0.15, 0.2) is 48.5 Å². The Morgan fingerprint density at radius 3 is 2.24 bits per heavy atom. The minimum atomic E-state index is -0.614. The number of nitrogens with zero attached hydrogens (tertiary/aromatic N) is 1. The molecule has 0 radical (unpaired) electrons. The SMILES string of the molecule is Cc1ccc(CN(C(=O)COc2ccc(Cl)cc2)C(C)C(=O)NCC(C)C)cc1. The number of hydrogen-bond donors (Lipinski definition) is 1. The number of aryl methyl sites for hydroxylation is 1. The van der Waals surface area contributed by atoms with Gasteiger partial charge in [-0.05, 0) is 49.6 Å². The van der Waals surface area contributed by atoms with Crippen LogP contribution in [0.5, 0.6) is 5.75 Å². The molecule has 2 aromatic carbocycles. The van der Waals surface area contributed by atoms with E-state index < -0.39 is 6.04 Å². The lowest BCUT2D eigenvalue weighted by Crippen LogP contribution is -2.49. The van der Waals surface area contributed by atoms with Crippen molar-refractivity contribution in [3.63, 3.8) is 0 Å². The van der Waals surface area contributed by atoms with Gasteiger partial charge in [0.25, 0.3) is 5.91 Å². The molecule has 1 unspecified atom stereocenters. The fourth-order valence-electron chi connectivity index (χ4n) is 2.68. The quantitative estimate of drug-likeness (QED) is 0.665. The third-order valence-electron chi connectivity index (χ3n) is 4.50. The van der Waals surface area contributed by atoms with E-state index in [4.69, 9.17) is 16.3 Å². The first kappa shape index (κ1) is 22.8. The molecule has 29 heavy (non-hydrogen) atoms. The van der Waals surface area contributed by atoms with E-state index in [2.05, 4.69) is 5.32 Å². The number of hydrogen-bond acceptors (Lipinski definition) is 3. The molecule has 0 saturated heterocycles. The number of rotatable bonds is 9. The average molecular weight is 417 g/mol. The van der Waals surface area contributed by atoms with Crippen molar-refractivity contribution >= 4 is 23.4 Å². The van der Waals surface area contributed by atoms with Gasteiger partial charge < -0.3 is 15.0 Å². The maximum Gasteiger partial charge on any atom is 0.261 e. The number of ether oxygens (including phenoxy) is 1. The van der Waals surface area contributed by atoms with Crippen molar-refractivity contribution in [1.82, 2.24) is 10.2 Å². The first-order valence-electron chi connectivity index (χ1n) is 9.77. The van der Waals surface area contributed by atoms with Gasteiger partial charge in [0.05, 0.1) is 0 Å². The summed E-state index contributed by atoms with van der Waals surface area (Å²) in [6.45, 7) is 8.55. The van der Waals surface area contributed by atoms with E-state index >= 15 is 0 Å². The normalized spacial score (nSPS) is 11.8. The Morgan fingerprint density at radius 2 is 1.66 bits per heavy atom. The molecule has 5 nitrogen and oxygen atoms in total. The Hall–Kier alpha value is -2.53. The molecule has 0 bridgehead atoms. The smallest absolute Gasteiger partial charge is 0.261 e. The van der Waals surface area contributed by atoms with Gasteiger partial charge >= 0.3 is 0 Å². The molecule has 2 amide bonds. The lowest BCUT2D eigenvalue weighted by atomic mass is 10.1. The second-order valence-corrected chi connectivity index (χ2v) is 8.00. The van der Waals surface area contributed by atoms with E-state index in [1.807, 2.05) is 45.0 Å². The molecule has 0 spiro atoms. The highest BCUT2D eigenvalue weighted by Crippen LogP contribution is 2.16. The van der Waals surface area contributed by atoms with Gasteiger partial charge in [0, 0.05) is 18.1 Å². The summed E-state index contributed by atoms with van der Waals surface area (Å²) in [6, 6.07) is 14.1. The third-order valence-corrected chi connectivity index (χ3v) is 4.75. The maximum absolute atomic E-state index is 12.9. The van der Waals surface area contributed by atoms with Crippen LogP contribution in [0, 0.1) is 12.8 Å². The number of carbonyl (C=O) groups is 2. The maximum atomic E-state index is 12.9. The Morgan fingerprint density at radius 1 is 1.03 bits per heavy atom. The van der Waals surface area contributed by atoms with E-state index in [9.17, 15) is 9.59 Å². The van der Waals surface area contributed by atoms with Crippen LogP contribution in [0.1, 0.15) is 31.9 Å². The Balaban J connectivity index is 2.10. The summed E-state index contributed by atoms with van der Waals surface area (Å²) >= 11 is 5.88. The molecule has 0 heterocycles. The Bertz CT molecular complexity index is 804. The standard InChI is InChI=1S/C23H29ClN2O3/c1-16(2)13-25-23(28)18(4)26(14-19-7-5-17(3)6-8-19)22(27)15-29-21-11-9-20(24)10-12-21/h5-12,16,18H,13-15H2,1-4H3,(H,25,28). The predicted octanol–water partition coefficient (Wildman–Crippen LogP) is 4.22. The molecule has 0 fully saturated rings. The second-order valence-electron chi connectivity index (χ2n) is 7.56. The largest absolute Gasteiger partial charge is 0.484 e. The van der Waals surface area contributed by atoms with Gasteiger partial charge in [-0.3, -0.25) is 9.59 Å². The van der Waals surface area contributed by atoms with E-state index in [1.165, 1.54) is 0 Å². The number of benzene rings is 2. The first-order chi connectivity index (χ1) is 13.8. The topological polar surface area (TPSA) is 58.6 Å². The lowest BCUT2D eigenvalue weighted by molar-refractivity contribution is -0.142. The molecule has 1 N–H and O–H groups in total. The highest BCUT2D eigenvalue weighted by Gasteiger charge is 2.26. The van der Waals surface area contributed by atoms with Crippen molar-refractivity contribution in [2.24, 2.45) is 5.92 Å². The average Bonchev–Trinajstić information content (AvgIpc) is 2.70. The van der Waals surface area contributed by atoms with E-state index in [0.717, 1.165) is 11.1 Å². The second kappa shape index (κ2) is 10.9. The Kier molecular flexibility index (Phi) is 8.52. The molecule has 1 atom stereocenters. The molecule has 0 aliphatic heterocycles. The molecule has 2 aromatic rings. The van der Waals surface area contributed by atoms with Crippen LogP contribution in [0.25, 0.3) is 0 Å². The molecular weight excluding hydrogens is 388 g/mol. The summed E-state index contributed by atoms with van der Waals surface area (Å²) in [5.74, 6) is 0.453. The fraction of sp³-hybridized carbons (Fsp3) is 0.391. The summed E-state index contributed by atoms with van der Waals surface area (Å²) in [7, 11) is 0. The van der Waals surface area contributed by atoms with Crippen molar-refractivity contribution in [3.8, 4) is 5.75 Å². The van der Waals surface area contributed by atoms with Gasteiger partial charge in [0.2, 0.25) is 5.91 Å². The molecule has 6 heteroatoms. The van der Waals surface area contributed by atoms with Gasteiger partial charge in [-0.1, -0.05) is 55.3 Å². The number of carbonyl (C=O) groups excluding carboxylic acids is 2. The monoisotopic (exact) mass is 416 g/mol. The summed E-state index contributed by atoms with van der Waals surface area (Å²) in [6.07, 6.45) is 0. The fourth-order valence-corrected chi connectivity index (χ4v) is 2.81. The van der Waals surface area contributed by atoms with E-state index in [1.54, 1.807) is 36.1 Å². The van der Waals surface area contributed by atoms with Gasteiger partial charge in [0.15, 0.2) is 6.61 Å². The van der Waals surface area contributed by atoms with Gasteiger partial charge in [-0.15, -0.1) is 0 Å². The van der Waals surface area contributed by atoms with Crippen LogP contribution in [0.2, 0.25) is 5.02 Å². The van der Waals surface area contributed by atoms with Crippen molar-refractivity contribution in [3.05, 3.63) is 64.7 Å². The summed E-state index contributed by atoms with van der Waals surface area (Å²) in [4.78, 5) is 27.1. The van der Waals surface area contributed by atoms with Gasteiger partial charge in [-0.25, -0.2) is 0 Å². The number of amides is 2. The van der Waals surface area contributed by atoms with E-state index in [-0.39, 0.29) is 18.4 Å². The van der Waals surface area contributed by atoms with Gasteiger partial charge in [-0.2, -0.15) is 0 Å². The van der Waals surface area contributed by atoms with Crippen LogP contribution in [0.4, 0.5) is 0 Å². The van der Waals surface area contributed by atoms with Crippen molar-refractivity contribution in [2.75, 3.05) is 13.2 Å². The van der Waals surface area contributed by atoms with Crippen molar-refractivity contribution < 1.29 is 14.3 Å². The lowest BCUT2D eigenvalue weighted by Gasteiger charge is -2.29. The molecule has 156 valence electrons. The zero-order valence-corrected chi connectivity index (χ0v) is 18.2. The summed E-state index contributed by atoms with van der Waals surface area (Å²) < 4.78 is 5.61. The molecule has 0 aliphatic carbocycles. The van der Waals surface area contributed by atoms with E-state index in [0.29, 0.717) is 29.8 Å². The predicted molar refractivity (Wildman–Crippen MR) is 116 cm³/mol. The zero-order chi connectivity index (χ0) is 21.4. The summed E-state index contributed by atoms with van der Waals surface area (Å²) in [5.41, 5.74) is 2.10. The van der Waals surface area contributed by atoms with Crippen LogP contribution >= 0.6 is 11.6 Å². The first-order valence-corrected chi connectivity index (χ1v) is 10.1. The zero-order valence-electron chi connectivity index (χ0n) is 17.4. The molecule has 0 aromatic heterocycles. The minimum absolute atomic E-state index is 0.157. The van der Waals surface area contributed by atoms with Gasteiger partial charge in [0.1, 0.15) is 11.8 Å². The molecule has 0 aliphatic rings. The molecular formula is C23H29ClN2O3.